The lowest BCUT2D eigenvalue weighted by Gasteiger charge is -2.16. The number of thiocarbonyl (C=S) groups is 1. The van der Waals surface area contributed by atoms with Crippen LogP contribution in [0.3, 0.4) is 0 Å². The molecule has 2 nitrogen and oxygen atoms in total. The van der Waals surface area contributed by atoms with E-state index < -0.39 is 0 Å². The Labute approximate surface area is 112 Å². The predicted octanol–water partition coefficient (Wildman–Crippen LogP) is 3.11. The van der Waals surface area contributed by atoms with Crippen LogP contribution in [0.25, 0.3) is 0 Å². The van der Waals surface area contributed by atoms with Crippen molar-refractivity contribution in [2.75, 3.05) is 7.11 Å². The first-order valence-electron chi connectivity index (χ1n) is 5.70. The lowest BCUT2D eigenvalue weighted by Crippen LogP contribution is -2.20. The quantitative estimate of drug-likeness (QED) is 0.855. The van der Waals surface area contributed by atoms with Crippen molar-refractivity contribution >= 4 is 17.2 Å². The van der Waals surface area contributed by atoms with E-state index in [9.17, 15) is 0 Å². The predicted molar refractivity (Wildman–Crippen MR) is 78.1 cm³/mol. The summed E-state index contributed by atoms with van der Waals surface area (Å²) in [6, 6.07) is 17.9. The summed E-state index contributed by atoms with van der Waals surface area (Å²) < 4.78 is 5.15. The molecular weight excluding hydrogens is 242 g/mol. The summed E-state index contributed by atoms with van der Waals surface area (Å²) in [5.74, 6) is 0.778. The van der Waals surface area contributed by atoms with E-state index >= 15 is 0 Å². The number of hydrogen-bond donors (Lipinski definition) is 1. The summed E-state index contributed by atoms with van der Waals surface area (Å²) in [5.41, 5.74) is 8.06. The molecule has 0 aliphatic rings. The fourth-order valence-electron chi connectivity index (χ4n) is 1.96. The van der Waals surface area contributed by atoms with Gasteiger partial charge in [-0.15, -0.1) is 0 Å². The van der Waals surface area contributed by atoms with Crippen LogP contribution in [0.5, 0.6) is 5.75 Å². The van der Waals surface area contributed by atoms with Crippen molar-refractivity contribution in [2.24, 2.45) is 5.73 Å². The maximum absolute atomic E-state index is 5.87. The molecule has 1 unspecified atom stereocenters. The van der Waals surface area contributed by atoms with E-state index in [4.69, 9.17) is 22.7 Å². The van der Waals surface area contributed by atoms with Gasteiger partial charge in [-0.25, -0.2) is 0 Å². The first-order valence-corrected chi connectivity index (χ1v) is 6.11. The average molecular weight is 257 g/mol. The monoisotopic (exact) mass is 257 g/mol. The molecule has 1 atom stereocenters. The Morgan fingerprint density at radius 3 is 2.06 bits per heavy atom. The molecule has 0 saturated carbocycles. The zero-order valence-electron chi connectivity index (χ0n) is 10.2. The molecule has 0 aromatic heterocycles. The highest BCUT2D eigenvalue weighted by Crippen LogP contribution is 2.26. The van der Waals surface area contributed by atoms with E-state index in [0.29, 0.717) is 4.99 Å². The number of methoxy groups -OCH3 is 1. The third-order valence-electron chi connectivity index (χ3n) is 2.87. The highest BCUT2D eigenvalue weighted by molar-refractivity contribution is 7.80. The molecule has 0 radical (unpaired) electrons. The molecule has 0 aliphatic carbocycles. The van der Waals surface area contributed by atoms with Crippen molar-refractivity contribution < 1.29 is 4.74 Å². The van der Waals surface area contributed by atoms with E-state index in [-0.39, 0.29) is 5.92 Å². The number of ether oxygens (including phenoxy) is 1. The van der Waals surface area contributed by atoms with Crippen LogP contribution in [0.1, 0.15) is 17.0 Å². The van der Waals surface area contributed by atoms with Crippen LogP contribution in [0, 0.1) is 0 Å². The number of nitrogens with two attached hydrogens (primary N) is 1. The SMILES string of the molecule is COc1ccc(C(C(N)=S)c2ccccc2)cc1. The minimum absolute atomic E-state index is 0.0490. The molecule has 0 fully saturated rings. The molecule has 92 valence electrons. The molecule has 0 amide bonds. The van der Waals surface area contributed by atoms with Crippen molar-refractivity contribution in [1.82, 2.24) is 0 Å². The van der Waals surface area contributed by atoms with E-state index in [2.05, 4.69) is 0 Å². The van der Waals surface area contributed by atoms with Gasteiger partial charge in [0.1, 0.15) is 5.75 Å². The Balaban J connectivity index is 2.39. The lowest BCUT2D eigenvalue weighted by atomic mass is 9.91. The Hall–Kier alpha value is -1.87. The third-order valence-corrected chi connectivity index (χ3v) is 3.10. The standard InChI is InChI=1S/C15H15NOS/c1-17-13-9-7-12(8-10-13)14(15(16)18)11-5-3-2-4-6-11/h2-10,14H,1H3,(H2,16,18). The molecular formula is C15H15NOS. The minimum Gasteiger partial charge on any atom is -0.497 e. The van der Waals surface area contributed by atoms with Crippen molar-refractivity contribution in [3.8, 4) is 5.75 Å². The maximum atomic E-state index is 5.87. The number of hydrogen-bond acceptors (Lipinski definition) is 2. The minimum atomic E-state index is -0.0490. The molecule has 0 bridgehead atoms. The van der Waals surface area contributed by atoms with Crippen LogP contribution in [0.2, 0.25) is 0 Å². The second-order valence-corrected chi connectivity index (χ2v) is 4.49. The number of rotatable bonds is 4. The van der Waals surface area contributed by atoms with Crippen LogP contribution in [-0.4, -0.2) is 12.1 Å². The van der Waals surface area contributed by atoms with Crippen molar-refractivity contribution in [3.05, 3.63) is 65.7 Å². The van der Waals surface area contributed by atoms with Crippen molar-refractivity contribution in [1.29, 1.82) is 0 Å². The first kappa shape index (κ1) is 12.6. The Bertz CT molecular complexity index is 522. The summed E-state index contributed by atoms with van der Waals surface area (Å²) >= 11 is 5.19. The van der Waals surface area contributed by atoms with Crippen LogP contribution in [0.15, 0.2) is 54.6 Å². The van der Waals surface area contributed by atoms with Crippen LogP contribution in [0.4, 0.5) is 0 Å². The zero-order chi connectivity index (χ0) is 13.0. The Kier molecular flexibility index (Phi) is 3.95. The highest BCUT2D eigenvalue weighted by Gasteiger charge is 2.16. The van der Waals surface area contributed by atoms with Crippen molar-refractivity contribution in [3.63, 3.8) is 0 Å². The summed E-state index contributed by atoms with van der Waals surface area (Å²) in [4.78, 5) is 0.478. The normalized spacial score (nSPS) is 11.8. The molecule has 0 aliphatic heterocycles. The zero-order valence-corrected chi connectivity index (χ0v) is 11.0. The summed E-state index contributed by atoms with van der Waals surface area (Å²) in [6.07, 6.45) is 0. The number of benzene rings is 2. The van der Waals surface area contributed by atoms with Crippen LogP contribution in [-0.2, 0) is 0 Å². The summed E-state index contributed by atoms with van der Waals surface area (Å²) in [5, 5.41) is 0. The van der Waals surface area contributed by atoms with E-state index in [0.717, 1.165) is 16.9 Å². The molecule has 3 heteroatoms. The van der Waals surface area contributed by atoms with Gasteiger partial charge in [-0.1, -0.05) is 54.7 Å². The summed E-state index contributed by atoms with van der Waals surface area (Å²) in [6.45, 7) is 0. The molecule has 0 spiro atoms. The van der Waals surface area contributed by atoms with Gasteiger partial charge in [-0.3, -0.25) is 0 Å². The van der Waals surface area contributed by atoms with Gasteiger partial charge in [0.2, 0.25) is 0 Å². The smallest absolute Gasteiger partial charge is 0.118 e. The van der Waals surface area contributed by atoms with E-state index in [1.807, 2.05) is 54.6 Å². The van der Waals surface area contributed by atoms with Gasteiger partial charge >= 0.3 is 0 Å². The second kappa shape index (κ2) is 5.65. The Morgan fingerprint density at radius 1 is 1.00 bits per heavy atom. The average Bonchev–Trinajstić information content (AvgIpc) is 2.40. The topological polar surface area (TPSA) is 35.2 Å². The molecule has 2 N–H and O–H groups in total. The molecule has 0 saturated heterocycles. The molecule has 2 aromatic carbocycles. The molecule has 2 aromatic rings. The van der Waals surface area contributed by atoms with Crippen molar-refractivity contribution in [2.45, 2.75) is 5.92 Å². The second-order valence-electron chi connectivity index (χ2n) is 4.02. The van der Waals surface area contributed by atoms with Crippen LogP contribution >= 0.6 is 12.2 Å². The van der Waals surface area contributed by atoms with Gasteiger partial charge in [-0.05, 0) is 23.3 Å². The van der Waals surface area contributed by atoms with Gasteiger partial charge in [0.15, 0.2) is 0 Å². The maximum Gasteiger partial charge on any atom is 0.118 e. The lowest BCUT2D eigenvalue weighted by molar-refractivity contribution is 0.414. The van der Waals surface area contributed by atoms with Gasteiger partial charge in [0.05, 0.1) is 18.0 Å². The molecule has 2 rings (SSSR count). The third kappa shape index (κ3) is 2.68. The molecule has 18 heavy (non-hydrogen) atoms. The van der Waals surface area contributed by atoms with Crippen LogP contribution < -0.4 is 10.5 Å². The van der Waals surface area contributed by atoms with Gasteiger partial charge in [-0.2, -0.15) is 0 Å². The highest BCUT2D eigenvalue weighted by atomic mass is 32.1. The summed E-state index contributed by atoms with van der Waals surface area (Å²) in [7, 11) is 1.65. The van der Waals surface area contributed by atoms with Gasteiger partial charge in [0, 0.05) is 0 Å². The molecule has 0 heterocycles. The fraction of sp³-hybridized carbons (Fsp3) is 0.133. The Morgan fingerprint density at radius 2 is 1.56 bits per heavy atom. The van der Waals surface area contributed by atoms with E-state index in [1.165, 1.54) is 0 Å². The van der Waals surface area contributed by atoms with Gasteiger partial charge in [0.25, 0.3) is 0 Å². The van der Waals surface area contributed by atoms with E-state index in [1.54, 1.807) is 7.11 Å². The largest absolute Gasteiger partial charge is 0.497 e. The first-order chi connectivity index (χ1) is 8.72. The fourth-order valence-corrected chi connectivity index (χ4v) is 2.23. The van der Waals surface area contributed by atoms with Gasteiger partial charge < -0.3 is 10.5 Å².